The van der Waals surface area contributed by atoms with Crippen LogP contribution >= 0.6 is 11.6 Å². The van der Waals surface area contributed by atoms with E-state index in [4.69, 9.17) is 11.6 Å². The molecule has 3 aromatic carbocycles. The van der Waals surface area contributed by atoms with Gasteiger partial charge >= 0.3 is 0 Å². The van der Waals surface area contributed by atoms with Crippen LogP contribution in [0.4, 0.5) is 5.69 Å². The summed E-state index contributed by atoms with van der Waals surface area (Å²) >= 11 is 5.62. The number of hydrogen-bond donors (Lipinski definition) is 2. The van der Waals surface area contributed by atoms with E-state index < -0.39 is 0 Å². The first kappa shape index (κ1) is 21.6. The summed E-state index contributed by atoms with van der Waals surface area (Å²) in [6.07, 6.45) is 0.966. The molecule has 0 aliphatic rings. The summed E-state index contributed by atoms with van der Waals surface area (Å²) in [5.41, 5.74) is 3.36. The molecule has 0 atom stereocenters. The van der Waals surface area contributed by atoms with E-state index in [0.29, 0.717) is 17.8 Å². The molecule has 0 aliphatic carbocycles. The highest BCUT2D eigenvalue weighted by Crippen LogP contribution is 2.27. The lowest BCUT2D eigenvalue weighted by Gasteiger charge is -2.19. The third kappa shape index (κ3) is 5.94. The number of anilines is 1. The topological polar surface area (TPSA) is 58.2 Å². The van der Waals surface area contributed by atoms with Gasteiger partial charge in [0, 0.05) is 24.8 Å². The van der Waals surface area contributed by atoms with Gasteiger partial charge in [0.25, 0.3) is 5.91 Å². The Morgan fingerprint density at radius 1 is 0.800 bits per heavy atom. The Hall–Kier alpha value is -3.11. The number of rotatable bonds is 9. The molecular weight excluding hydrogens is 396 g/mol. The Bertz CT molecular complexity index is 922. The summed E-state index contributed by atoms with van der Waals surface area (Å²) in [7, 11) is 0. The van der Waals surface area contributed by atoms with E-state index in [2.05, 4.69) is 34.9 Å². The van der Waals surface area contributed by atoms with Crippen LogP contribution in [0.1, 0.15) is 40.2 Å². The van der Waals surface area contributed by atoms with Gasteiger partial charge in [-0.15, -0.1) is 11.6 Å². The number of para-hydroxylation sites is 1. The van der Waals surface area contributed by atoms with Gasteiger partial charge in [-0.3, -0.25) is 9.59 Å². The number of hydrogen-bond acceptors (Lipinski definition) is 2. The van der Waals surface area contributed by atoms with Gasteiger partial charge in [-0.1, -0.05) is 72.8 Å². The molecule has 4 nitrogen and oxygen atoms in total. The van der Waals surface area contributed by atoms with Crippen LogP contribution in [0.15, 0.2) is 84.9 Å². The van der Waals surface area contributed by atoms with Gasteiger partial charge < -0.3 is 10.6 Å². The van der Waals surface area contributed by atoms with Crippen molar-refractivity contribution < 1.29 is 9.59 Å². The summed E-state index contributed by atoms with van der Waals surface area (Å²) in [5, 5.41) is 5.76. The fourth-order valence-corrected chi connectivity index (χ4v) is 3.58. The molecule has 0 aliphatic heterocycles. The number of alkyl halides is 1. The molecule has 0 fully saturated rings. The fourth-order valence-electron chi connectivity index (χ4n) is 3.41. The van der Waals surface area contributed by atoms with Gasteiger partial charge in [-0.05, 0) is 29.7 Å². The second-order valence-corrected chi connectivity index (χ2v) is 7.33. The summed E-state index contributed by atoms with van der Waals surface area (Å²) in [5.74, 6) is 0.00193. The SMILES string of the molecule is O=C(CCCl)Nc1ccccc1C(=O)NCCC(c1ccccc1)c1ccccc1. The van der Waals surface area contributed by atoms with Crippen molar-refractivity contribution in [2.75, 3.05) is 17.7 Å². The first-order chi connectivity index (χ1) is 14.7. The largest absolute Gasteiger partial charge is 0.352 e. The van der Waals surface area contributed by atoms with E-state index in [9.17, 15) is 9.59 Å². The predicted octanol–water partition coefficient (Wildman–Crippen LogP) is 5.21. The van der Waals surface area contributed by atoms with Crippen molar-refractivity contribution in [1.82, 2.24) is 5.32 Å². The summed E-state index contributed by atoms with van der Waals surface area (Å²) in [6.45, 7) is 0.511. The van der Waals surface area contributed by atoms with Crippen molar-refractivity contribution in [1.29, 1.82) is 0 Å². The molecule has 0 aromatic heterocycles. The van der Waals surface area contributed by atoms with E-state index in [1.165, 1.54) is 11.1 Å². The Morgan fingerprint density at radius 3 is 1.97 bits per heavy atom. The van der Waals surface area contributed by atoms with Crippen LogP contribution in [0.3, 0.4) is 0 Å². The van der Waals surface area contributed by atoms with E-state index >= 15 is 0 Å². The molecule has 2 amide bonds. The minimum Gasteiger partial charge on any atom is -0.352 e. The highest BCUT2D eigenvalue weighted by Gasteiger charge is 2.16. The van der Waals surface area contributed by atoms with E-state index in [1.807, 2.05) is 36.4 Å². The van der Waals surface area contributed by atoms with Crippen molar-refractivity contribution in [2.24, 2.45) is 0 Å². The highest BCUT2D eigenvalue weighted by molar-refractivity contribution is 6.19. The Morgan fingerprint density at radius 2 is 1.37 bits per heavy atom. The molecule has 30 heavy (non-hydrogen) atoms. The van der Waals surface area contributed by atoms with Crippen molar-refractivity contribution in [3.63, 3.8) is 0 Å². The standard InChI is InChI=1S/C25H25ClN2O2/c26-17-15-24(29)28-23-14-8-7-13-22(23)25(30)27-18-16-21(19-9-3-1-4-10-19)20-11-5-2-6-12-20/h1-14,21H,15-18H2,(H,27,30)(H,28,29). The zero-order valence-electron chi connectivity index (χ0n) is 16.7. The maximum Gasteiger partial charge on any atom is 0.253 e. The number of carbonyl (C=O) groups excluding carboxylic acids is 2. The normalized spacial score (nSPS) is 10.6. The van der Waals surface area contributed by atoms with Crippen molar-refractivity contribution in [3.8, 4) is 0 Å². The molecule has 3 aromatic rings. The van der Waals surface area contributed by atoms with Gasteiger partial charge in [0.1, 0.15) is 0 Å². The maximum atomic E-state index is 12.8. The molecule has 2 N–H and O–H groups in total. The molecule has 0 bridgehead atoms. The zero-order chi connectivity index (χ0) is 21.2. The molecule has 3 rings (SSSR count). The average molecular weight is 421 g/mol. The smallest absolute Gasteiger partial charge is 0.253 e. The lowest BCUT2D eigenvalue weighted by Crippen LogP contribution is -2.27. The van der Waals surface area contributed by atoms with Crippen LogP contribution in [0.5, 0.6) is 0 Å². The molecule has 0 saturated heterocycles. The monoisotopic (exact) mass is 420 g/mol. The molecule has 0 saturated carbocycles. The minimum absolute atomic E-state index is 0.186. The summed E-state index contributed by atoms with van der Waals surface area (Å²) in [6, 6.07) is 27.6. The number of carbonyl (C=O) groups is 2. The fraction of sp³-hybridized carbons (Fsp3) is 0.200. The van der Waals surface area contributed by atoms with Crippen LogP contribution in [-0.2, 0) is 4.79 Å². The number of benzene rings is 3. The van der Waals surface area contributed by atoms with Gasteiger partial charge in [0.15, 0.2) is 0 Å². The van der Waals surface area contributed by atoms with Crippen LogP contribution in [-0.4, -0.2) is 24.2 Å². The molecule has 0 heterocycles. The van der Waals surface area contributed by atoms with E-state index in [-0.39, 0.29) is 30.0 Å². The second-order valence-electron chi connectivity index (χ2n) is 6.95. The average Bonchev–Trinajstić information content (AvgIpc) is 2.78. The Kier molecular flexibility index (Phi) is 8.04. The Balaban J connectivity index is 1.67. The highest BCUT2D eigenvalue weighted by atomic mass is 35.5. The van der Waals surface area contributed by atoms with Crippen LogP contribution < -0.4 is 10.6 Å². The molecule has 0 radical (unpaired) electrons. The molecule has 154 valence electrons. The van der Waals surface area contributed by atoms with Crippen molar-refractivity contribution in [3.05, 3.63) is 102 Å². The number of amides is 2. The van der Waals surface area contributed by atoms with Gasteiger partial charge in [0.2, 0.25) is 5.91 Å². The molecular formula is C25H25ClN2O2. The van der Waals surface area contributed by atoms with Crippen LogP contribution in [0, 0.1) is 0 Å². The lowest BCUT2D eigenvalue weighted by atomic mass is 9.88. The second kappa shape index (κ2) is 11.2. The Labute approximate surface area is 182 Å². The first-order valence-corrected chi connectivity index (χ1v) is 10.6. The maximum absolute atomic E-state index is 12.8. The molecule has 0 unspecified atom stereocenters. The van der Waals surface area contributed by atoms with E-state index in [1.54, 1.807) is 24.3 Å². The number of nitrogens with one attached hydrogen (secondary N) is 2. The van der Waals surface area contributed by atoms with Crippen molar-refractivity contribution in [2.45, 2.75) is 18.8 Å². The molecule has 0 spiro atoms. The van der Waals surface area contributed by atoms with E-state index in [0.717, 1.165) is 6.42 Å². The van der Waals surface area contributed by atoms with Crippen LogP contribution in [0.25, 0.3) is 0 Å². The lowest BCUT2D eigenvalue weighted by molar-refractivity contribution is -0.115. The van der Waals surface area contributed by atoms with Gasteiger partial charge in [-0.25, -0.2) is 0 Å². The predicted molar refractivity (Wildman–Crippen MR) is 122 cm³/mol. The first-order valence-electron chi connectivity index (χ1n) is 10.0. The van der Waals surface area contributed by atoms with Crippen molar-refractivity contribution >= 4 is 29.1 Å². The summed E-state index contributed by atoms with van der Waals surface area (Å²) in [4.78, 5) is 24.6. The number of halogens is 1. The zero-order valence-corrected chi connectivity index (χ0v) is 17.4. The minimum atomic E-state index is -0.211. The third-order valence-electron chi connectivity index (χ3n) is 4.89. The van der Waals surface area contributed by atoms with Gasteiger partial charge in [-0.2, -0.15) is 0 Å². The summed E-state index contributed by atoms with van der Waals surface area (Å²) < 4.78 is 0. The molecule has 5 heteroatoms. The van der Waals surface area contributed by atoms with Crippen LogP contribution in [0.2, 0.25) is 0 Å². The quantitative estimate of drug-likeness (QED) is 0.467. The van der Waals surface area contributed by atoms with Gasteiger partial charge in [0.05, 0.1) is 11.3 Å². The third-order valence-corrected chi connectivity index (χ3v) is 5.08.